The van der Waals surface area contributed by atoms with E-state index in [9.17, 15) is 4.79 Å². The minimum Gasteiger partial charge on any atom is -0.352 e. The van der Waals surface area contributed by atoms with Crippen LogP contribution < -0.4 is 5.32 Å². The molecule has 3 rings (SSSR count). The lowest BCUT2D eigenvalue weighted by molar-refractivity contribution is -0.126. The molecule has 2 atom stereocenters. The van der Waals surface area contributed by atoms with Crippen molar-refractivity contribution in [3.8, 4) is 0 Å². The Morgan fingerprint density at radius 3 is 2.54 bits per heavy atom. The molecular weight excluding hydrogens is 328 g/mol. The minimum absolute atomic E-state index is 0.0620. The van der Waals surface area contributed by atoms with Crippen LogP contribution in [0.1, 0.15) is 77.7 Å². The van der Waals surface area contributed by atoms with Crippen molar-refractivity contribution in [2.24, 2.45) is 5.92 Å². The molecule has 0 aromatic carbocycles. The SMILES string of the molecule is CCC(CC)CN1C[C@H](n2cnnn2)C[C@H]1C(=O)NC1CCCCCC1. The third-order valence-electron chi connectivity index (χ3n) is 6.27. The molecule has 1 amide bonds. The summed E-state index contributed by atoms with van der Waals surface area (Å²) in [7, 11) is 0. The van der Waals surface area contributed by atoms with E-state index in [1.54, 1.807) is 6.33 Å². The highest BCUT2D eigenvalue weighted by atomic mass is 16.2. The van der Waals surface area contributed by atoms with Gasteiger partial charge in [-0.1, -0.05) is 52.4 Å². The van der Waals surface area contributed by atoms with E-state index in [0.717, 1.165) is 45.2 Å². The number of amides is 1. The third kappa shape index (κ3) is 4.81. The van der Waals surface area contributed by atoms with Gasteiger partial charge in [-0.2, -0.15) is 0 Å². The van der Waals surface area contributed by atoms with Gasteiger partial charge in [0.05, 0.1) is 12.1 Å². The zero-order valence-electron chi connectivity index (χ0n) is 16.3. The fraction of sp³-hybridized carbons (Fsp3) is 0.895. The van der Waals surface area contributed by atoms with Crippen molar-refractivity contribution in [2.75, 3.05) is 13.1 Å². The maximum atomic E-state index is 13.1. The Balaban J connectivity index is 1.66. The quantitative estimate of drug-likeness (QED) is 0.755. The molecular formula is C19H34N6O. The fourth-order valence-corrected chi connectivity index (χ4v) is 4.48. The van der Waals surface area contributed by atoms with Crippen molar-refractivity contribution in [1.29, 1.82) is 0 Å². The molecule has 1 N–H and O–H groups in total. The van der Waals surface area contributed by atoms with E-state index in [1.807, 2.05) is 4.68 Å². The van der Waals surface area contributed by atoms with Crippen LogP contribution in [0.4, 0.5) is 0 Å². The molecule has 2 aliphatic rings. The Bertz CT molecular complexity index is 536. The van der Waals surface area contributed by atoms with Gasteiger partial charge in [-0.05, 0) is 35.6 Å². The number of carbonyl (C=O) groups excluding carboxylic acids is 1. The largest absolute Gasteiger partial charge is 0.352 e. The lowest BCUT2D eigenvalue weighted by Gasteiger charge is -2.28. The highest BCUT2D eigenvalue weighted by molar-refractivity contribution is 5.82. The third-order valence-corrected chi connectivity index (χ3v) is 6.27. The van der Waals surface area contributed by atoms with Crippen LogP contribution in [0.15, 0.2) is 6.33 Å². The number of tetrazole rings is 1. The zero-order chi connectivity index (χ0) is 18.4. The minimum atomic E-state index is -0.0620. The van der Waals surface area contributed by atoms with Gasteiger partial charge in [-0.25, -0.2) is 4.68 Å². The summed E-state index contributed by atoms with van der Waals surface area (Å²) in [6.45, 7) is 6.31. The maximum absolute atomic E-state index is 13.1. The molecule has 2 fully saturated rings. The van der Waals surface area contributed by atoms with Crippen LogP contribution in [0.5, 0.6) is 0 Å². The molecule has 7 nitrogen and oxygen atoms in total. The standard InChI is InChI=1S/C19H34N6O/c1-3-15(4-2)12-24-13-17(25-14-20-22-23-25)11-18(24)19(26)21-16-9-7-5-6-8-10-16/h14-18H,3-13H2,1-2H3,(H,21,26)/t17-,18+/m1/s1. The van der Waals surface area contributed by atoms with Crippen molar-refractivity contribution in [3.63, 3.8) is 0 Å². The molecule has 1 saturated carbocycles. The first-order valence-electron chi connectivity index (χ1n) is 10.5. The number of carbonyl (C=O) groups is 1. The molecule has 7 heteroatoms. The average molecular weight is 363 g/mol. The molecule has 1 aromatic rings. The Hall–Kier alpha value is -1.50. The van der Waals surface area contributed by atoms with Crippen LogP contribution in [-0.4, -0.2) is 56.2 Å². The van der Waals surface area contributed by atoms with E-state index in [-0.39, 0.29) is 18.0 Å². The number of aromatic nitrogens is 4. The normalized spacial score (nSPS) is 25.5. The summed E-state index contributed by atoms with van der Waals surface area (Å²) < 4.78 is 1.82. The van der Waals surface area contributed by atoms with E-state index >= 15 is 0 Å². The van der Waals surface area contributed by atoms with Gasteiger partial charge in [0.1, 0.15) is 6.33 Å². The number of likely N-dealkylation sites (tertiary alicyclic amines) is 1. The van der Waals surface area contributed by atoms with Gasteiger partial charge < -0.3 is 5.32 Å². The van der Waals surface area contributed by atoms with Crippen LogP contribution in [-0.2, 0) is 4.79 Å². The number of hydrogen-bond acceptors (Lipinski definition) is 5. The molecule has 2 heterocycles. The van der Waals surface area contributed by atoms with Crippen molar-refractivity contribution < 1.29 is 4.79 Å². The number of rotatable bonds is 7. The summed E-state index contributed by atoms with van der Waals surface area (Å²) in [5.74, 6) is 0.842. The first-order valence-corrected chi connectivity index (χ1v) is 10.5. The predicted molar refractivity (Wildman–Crippen MR) is 101 cm³/mol. The first-order chi connectivity index (χ1) is 12.7. The van der Waals surface area contributed by atoms with Crippen molar-refractivity contribution >= 4 is 5.91 Å². The molecule has 0 unspecified atom stereocenters. The molecule has 1 aliphatic heterocycles. The van der Waals surface area contributed by atoms with Gasteiger partial charge in [-0.15, -0.1) is 5.10 Å². The maximum Gasteiger partial charge on any atom is 0.237 e. The van der Waals surface area contributed by atoms with Gasteiger partial charge >= 0.3 is 0 Å². The van der Waals surface area contributed by atoms with Crippen LogP contribution in [0, 0.1) is 5.92 Å². The molecule has 1 aliphatic carbocycles. The summed E-state index contributed by atoms with van der Waals surface area (Å²) in [5, 5.41) is 15.0. The van der Waals surface area contributed by atoms with E-state index in [0.29, 0.717) is 12.0 Å². The lowest BCUT2D eigenvalue weighted by Crippen LogP contribution is -2.48. The highest BCUT2D eigenvalue weighted by Gasteiger charge is 2.39. The summed E-state index contributed by atoms with van der Waals surface area (Å²) in [6.07, 6.45) is 12.1. The van der Waals surface area contributed by atoms with E-state index < -0.39 is 0 Å². The first kappa shape index (κ1) is 19.3. The van der Waals surface area contributed by atoms with Crippen LogP contribution in [0.3, 0.4) is 0 Å². The molecule has 1 aromatic heterocycles. The lowest BCUT2D eigenvalue weighted by atomic mass is 10.0. The second-order valence-electron chi connectivity index (χ2n) is 8.03. The smallest absolute Gasteiger partial charge is 0.237 e. The Morgan fingerprint density at radius 1 is 1.19 bits per heavy atom. The number of nitrogens with one attached hydrogen (secondary N) is 1. The average Bonchev–Trinajstić information content (AvgIpc) is 3.25. The summed E-state index contributed by atoms with van der Waals surface area (Å²) >= 11 is 0. The Kier molecular flexibility index (Phi) is 7.00. The second kappa shape index (κ2) is 9.44. The highest BCUT2D eigenvalue weighted by Crippen LogP contribution is 2.29. The molecule has 26 heavy (non-hydrogen) atoms. The van der Waals surface area contributed by atoms with E-state index in [4.69, 9.17) is 0 Å². The topological polar surface area (TPSA) is 75.9 Å². The summed E-state index contributed by atoms with van der Waals surface area (Å²) in [5.41, 5.74) is 0. The van der Waals surface area contributed by atoms with Crippen LogP contribution in [0.25, 0.3) is 0 Å². The second-order valence-corrected chi connectivity index (χ2v) is 8.03. The van der Waals surface area contributed by atoms with Crippen molar-refractivity contribution in [1.82, 2.24) is 30.4 Å². The van der Waals surface area contributed by atoms with Gasteiger partial charge in [0.15, 0.2) is 0 Å². The molecule has 0 spiro atoms. The van der Waals surface area contributed by atoms with Crippen LogP contribution >= 0.6 is 0 Å². The van der Waals surface area contributed by atoms with Gasteiger partial charge in [0.25, 0.3) is 0 Å². The molecule has 0 bridgehead atoms. The number of hydrogen-bond donors (Lipinski definition) is 1. The monoisotopic (exact) mass is 362 g/mol. The summed E-state index contributed by atoms with van der Waals surface area (Å²) in [6, 6.07) is 0.476. The van der Waals surface area contributed by atoms with Gasteiger partial charge in [0, 0.05) is 19.1 Å². The van der Waals surface area contributed by atoms with Crippen molar-refractivity contribution in [3.05, 3.63) is 6.33 Å². The van der Waals surface area contributed by atoms with E-state index in [1.165, 1.54) is 25.7 Å². The number of nitrogens with zero attached hydrogens (tertiary/aromatic N) is 5. The Morgan fingerprint density at radius 2 is 1.92 bits per heavy atom. The Labute approximate surface area is 156 Å². The van der Waals surface area contributed by atoms with E-state index in [2.05, 4.69) is 39.6 Å². The molecule has 146 valence electrons. The van der Waals surface area contributed by atoms with Crippen LogP contribution in [0.2, 0.25) is 0 Å². The fourth-order valence-electron chi connectivity index (χ4n) is 4.48. The van der Waals surface area contributed by atoms with Crippen molar-refractivity contribution in [2.45, 2.75) is 89.8 Å². The molecule has 0 radical (unpaired) electrons. The molecule has 1 saturated heterocycles. The van der Waals surface area contributed by atoms with Gasteiger partial charge in [-0.3, -0.25) is 9.69 Å². The predicted octanol–water partition coefficient (Wildman–Crippen LogP) is 2.56. The zero-order valence-corrected chi connectivity index (χ0v) is 16.3. The van der Waals surface area contributed by atoms with Gasteiger partial charge in [0.2, 0.25) is 5.91 Å². The summed E-state index contributed by atoms with van der Waals surface area (Å²) in [4.78, 5) is 15.5.